The molecule has 0 aliphatic rings. The molecule has 0 atom stereocenters. The van der Waals surface area contributed by atoms with Crippen LogP contribution in [0, 0.1) is 5.21 Å². The number of benzene rings is 4. The first-order chi connectivity index (χ1) is 18.6. The number of methoxy groups -OCH3 is 1. The van der Waals surface area contributed by atoms with Crippen molar-refractivity contribution in [2.45, 2.75) is 0 Å². The van der Waals surface area contributed by atoms with Crippen LogP contribution in [0.4, 0.5) is 5.69 Å². The maximum atomic E-state index is 12.6. The monoisotopic (exact) mass is 517 g/mol. The van der Waals surface area contributed by atoms with Crippen molar-refractivity contribution in [3.05, 3.63) is 162 Å². The average molecular weight is 518 g/mol. The van der Waals surface area contributed by atoms with Gasteiger partial charge in [0.15, 0.2) is 6.21 Å². The van der Waals surface area contributed by atoms with E-state index in [-0.39, 0.29) is 5.57 Å². The van der Waals surface area contributed by atoms with Gasteiger partial charge < -0.3 is 14.7 Å². The smallest absolute Gasteiger partial charge is 0.255 e. The zero-order valence-electron chi connectivity index (χ0n) is 21.1. The maximum Gasteiger partial charge on any atom is 0.255 e. The molecule has 188 valence electrons. The summed E-state index contributed by atoms with van der Waals surface area (Å²) in [6, 6.07) is 39.7. The zero-order chi connectivity index (χ0) is 26.8. The van der Waals surface area contributed by atoms with Crippen LogP contribution in [0.3, 0.4) is 0 Å². The summed E-state index contributed by atoms with van der Waals surface area (Å²) in [5.41, 5.74) is 0.358. The van der Waals surface area contributed by atoms with Crippen LogP contribution < -0.4 is 15.9 Å². The molecule has 0 bridgehead atoms. The molecule has 4 aromatic carbocycles. The first-order valence-corrected chi connectivity index (χ1v) is 13.9. The largest absolute Gasteiger partial charge is 0.635 e. The molecular weight excluding hydrogens is 489 g/mol. The van der Waals surface area contributed by atoms with Crippen LogP contribution in [0.1, 0.15) is 0 Å². The lowest BCUT2D eigenvalue weighted by Crippen LogP contribution is -2.31. The summed E-state index contributed by atoms with van der Waals surface area (Å²) in [4.78, 5) is 12.4. The molecule has 0 spiro atoms. The van der Waals surface area contributed by atoms with E-state index in [4.69, 9.17) is 4.74 Å². The molecule has 0 amide bonds. The second kappa shape index (κ2) is 12.6. The number of carbonyl (C=O) groups excluding carboxylic acids is 1. The number of carbonyl (C=O) groups is 1. The highest BCUT2D eigenvalue weighted by molar-refractivity contribution is 7.99. The van der Waals surface area contributed by atoms with E-state index in [0.717, 1.165) is 21.2 Å². The number of hydrogen-bond acceptors (Lipinski definition) is 3. The molecule has 0 unspecified atom stereocenters. The van der Waals surface area contributed by atoms with Gasteiger partial charge in [0.1, 0.15) is 34.2 Å². The summed E-state index contributed by atoms with van der Waals surface area (Å²) in [6.45, 7) is 4.55. The van der Waals surface area contributed by atoms with Crippen LogP contribution in [0.2, 0.25) is 0 Å². The minimum Gasteiger partial charge on any atom is -0.635 e. The van der Waals surface area contributed by atoms with E-state index in [2.05, 4.69) is 49.2 Å². The third-order valence-corrected chi connectivity index (χ3v) is 10.3. The predicted molar refractivity (Wildman–Crippen MR) is 158 cm³/mol. The first-order valence-electron chi connectivity index (χ1n) is 12.1. The predicted octanol–water partition coefficient (Wildman–Crippen LogP) is 5.94. The van der Waals surface area contributed by atoms with Gasteiger partial charge in [-0.25, -0.2) is 0 Å². The van der Waals surface area contributed by atoms with Crippen molar-refractivity contribution >= 4 is 41.0 Å². The zero-order valence-corrected chi connectivity index (χ0v) is 22.0. The minimum atomic E-state index is -2.33. The molecule has 0 N–H and O–H groups in total. The Morgan fingerprint density at radius 3 is 1.63 bits per heavy atom. The molecule has 0 heterocycles. The second-order valence-corrected chi connectivity index (χ2v) is 11.8. The molecule has 0 aromatic heterocycles. The van der Waals surface area contributed by atoms with Crippen LogP contribution in [-0.2, 0) is 9.53 Å². The van der Waals surface area contributed by atoms with E-state index in [1.54, 1.807) is 30.3 Å². The fraction of sp³-hybridized carbons (Fsp3) is 0.0303. The number of ether oxygens (including phenoxy) is 1. The lowest BCUT2D eigenvalue weighted by Gasteiger charge is -2.27. The van der Waals surface area contributed by atoms with Crippen molar-refractivity contribution < 1.29 is 14.3 Å². The number of rotatable bonds is 9. The van der Waals surface area contributed by atoms with E-state index in [1.165, 1.54) is 13.2 Å². The van der Waals surface area contributed by atoms with Gasteiger partial charge in [0.05, 0.1) is 7.11 Å². The Morgan fingerprint density at radius 1 is 0.789 bits per heavy atom. The summed E-state index contributed by atoms with van der Waals surface area (Å²) < 4.78 is 5.43. The number of nitrogens with zero attached hydrogens (tertiary/aromatic N) is 1. The fourth-order valence-electron chi connectivity index (χ4n) is 4.26. The van der Waals surface area contributed by atoms with Crippen molar-refractivity contribution in [3.63, 3.8) is 0 Å². The van der Waals surface area contributed by atoms with Crippen molar-refractivity contribution in [2.24, 2.45) is 0 Å². The highest BCUT2D eigenvalue weighted by Crippen LogP contribution is 2.62. The van der Waals surface area contributed by atoms with E-state index in [9.17, 15) is 10.0 Å². The quantitative estimate of drug-likeness (QED) is 0.0318. The van der Waals surface area contributed by atoms with Gasteiger partial charge in [0.25, 0.3) is 5.97 Å². The Bertz CT molecular complexity index is 1370. The van der Waals surface area contributed by atoms with Gasteiger partial charge in [-0.3, -0.25) is 4.74 Å². The number of hydrogen-bond donors (Lipinski definition) is 0. The number of esters is 1. The molecule has 38 heavy (non-hydrogen) atoms. The Morgan fingerprint density at radius 2 is 1.21 bits per heavy atom. The molecule has 5 heteroatoms. The normalized spacial score (nSPS) is 12.3. The summed E-state index contributed by atoms with van der Waals surface area (Å²) in [5, 5.41) is 17.0. The summed E-state index contributed by atoms with van der Waals surface area (Å²) in [6.07, 6.45) is 7.74. The fourth-order valence-corrected chi connectivity index (χ4v) is 8.32. The van der Waals surface area contributed by atoms with Crippen molar-refractivity contribution in [1.29, 1.82) is 0 Å². The molecule has 4 nitrogen and oxygen atoms in total. The molecule has 0 aliphatic heterocycles. The van der Waals surface area contributed by atoms with E-state index in [1.807, 2.05) is 66.7 Å². The van der Waals surface area contributed by atoms with Crippen molar-refractivity contribution in [2.75, 3.05) is 7.11 Å². The standard InChI is InChI=1S/C33H28NO3P/c1-27(16-15-17-28(33(35)37-2)26-34(36)29-18-7-3-8-19-29)38(30-20-9-4-10-21-30,31-22-11-5-12-23-31)32-24-13-6-14-25-32/h3-25H,1H2,2H3/b16-15?,28-17+. The summed E-state index contributed by atoms with van der Waals surface area (Å²) in [5.74, 6) is -0.660. The van der Waals surface area contributed by atoms with Gasteiger partial charge in [0.2, 0.25) is 0 Å². The van der Waals surface area contributed by atoms with E-state index < -0.39 is 13.2 Å². The van der Waals surface area contributed by atoms with E-state index in [0.29, 0.717) is 10.4 Å². The van der Waals surface area contributed by atoms with Gasteiger partial charge in [0, 0.05) is 5.57 Å². The molecular formula is C33H28NO3P. The van der Waals surface area contributed by atoms with Crippen molar-refractivity contribution in [3.8, 4) is 0 Å². The maximum absolute atomic E-state index is 12.6. The topological polar surface area (TPSA) is 52.4 Å². The Kier molecular flexibility index (Phi) is 8.81. The summed E-state index contributed by atoms with van der Waals surface area (Å²) >= 11 is 0. The lowest BCUT2D eigenvalue weighted by atomic mass is 10.2. The SMILES string of the molecule is C=C(C=C/C=C(\[C-]=[N+]([O-])c1ccccc1)C(=O)OC)[P+](c1ccccc1)(c1ccccc1)c1ccccc1. The van der Waals surface area contributed by atoms with Gasteiger partial charge >= 0.3 is 0 Å². The second-order valence-electron chi connectivity index (χ2n) is 8.34. The molecule has 0 saturated heterocycles. The van der Waals surface area contributed by atoms with Crippen LogP contribution in [0.5, 0.6) is 0 Å². The molecule has 0 saturated carbocycles. The van der Waals surface area contributed by atoms with Gasteiger partial charge in [-0.1, -0.05) is 85.5 Å². The van der Waals surface area contributed by atoms with E-state index >= 15 is 0 Å². The van der Waals surface area contributed by atoms with Gasteiger partial charge in [-0.2, -0.15) is 0 Å². The van der Waals surface area contributed by atoms with Crippen LogP contribution in [0.15, 0.2) is 157 Å². The Labute approximate surface area is 224 Å². The highest BCUT2D eigenvalue weighted by atomic mass is 31.2. The summed E-state index contributed by atoms with van der Waals surface area (Å²) in [7, 11) is -1.06. The third kappa shape index (κ3) is 5.72. The molecule has 0 fully saturated rings. The number of allylic oxidation sites excluding steroid dienone is 4. The Hall–Kier alpha value is -4.53. The molecule has 4 rings (SSSR count). The van der Waals surface area contributed by atoms with Crippen LogP contribution >= 0.6 is 7.26 Å². The van der Waals surface area contributed by atoms with Gasteiger partial charge in [-0.05, 0) is 54.6 Å². The molecule has 0 aliphatic carbocycles. The van der Waals surface area contributed by atoms with Crippen molar-refractivity contribution in [1.82, 2.24) is 0 Å². The van der Waals surface area contributed by atoms with Crippen LogP contribution in [-0.4, -0.2) is 24.0 Å². The first kappa shape index (κ1) is 26.5. The molecule has 0 radical (unpaired) electrons. The highest BCUT2D eigenvalue weighted by Gasteiger charge is 2.47. The Balaban J connectivity index is 1.82. The minimum absolute atomic E-state index is 0.00142. The van der Waals surface area contributed by atoms with Crippen LogP contribution in [0.25, 0.3) is 0 Å². The third-order valence-electron chi connectivity index (χ3n) is 6.03. The molecule has 4 aromatic rings. The average Bonchev–Trinajstić information content (AvgIpc) is 2.98. The number of para-hydroxylation sites is 1. The van der Waals surface area contributed by atoms with Gasteiger partial charge in [-0.15, -0.1) is 6.08 Å². The lowest BCUT2D eigenvalue weighted by molar-refractivity contribution is -0.354.